The zero-order chi connectivity index (χ0) is 12.5. The van der Waals surface area contributed by atoms with Crippen LogP contribution in [0.4, 0.5) is 0 Å². The van der Waals surface area contributed by atoms with Gasteiger partial charge in [0, 0.05) is 0 Å². The summed E-state index contributed by atoms with van der Waals surface area (Å²) in [5, 5.41) is 9.44. The van der Waals surface area contributed by atoms with E-state index in [1.54, 1.807) is 0 Å². The molecular formula is C15H19NO2. The van der Waals surface area contributed by atoms with E-state index in [1.807, 2.05) is 12.1 Å². The van der Waals surface area contributed by atoms with Crippen molar-refractivity contribution in [1.82, 2.24) is 4.90 Å². The zero-order valence-electron chi connectivity index (χ0n) is 10.5. The second-order valence-corrected chi connectivity index (χ2v) is 5.42. The van der Waals surface area contributed by atoms with E-state index in [9.17, 15) is 9.90 Å². The number of rotatable bonds is 4. The van der Waals surface area contributed by atoms with E-state index >= 15 is 0 Å². The van der Waals surface area contributed by atoms with Crippen LogP contribution in [0.25, 0.3) is 0 Å². The number of hydrogen-bond donors (Lipinski definition) is 1. The van der Waals surface area contributed by atoms with Crippen molar-refractivity contribution in [2.75, 3.05) is 13.1 Å². The molecule has 3 rings (SSSR count). The molecule has 1 aromatic carbocycles. The highest BCUT2D eigenvalue weighted by molar-refractivity contribution is 5.75. The molecule has 0 spiro atoms. The highest BCUT2D eigenvalue weighted by Gasteiger charge is 2.30. The van der Waals surface area contributed by atoms with Crippen molar-refractivity contribution < 1.29 is 9.90 Å². The van der Waals surface area contributed by atoms with Crippen LogP contribution in [0.2, 0.25) is 0 Å². The molecule has 3 heteroatoms. The Morgan fingerprint density at radius 2 is 1.78 bits per heavy atom. The van der Waals surface area contributed by atoms with Crippen molar-refractivity contribution in [1.29, 1.82) is 0 Å². The topological polar surface area (TPSA) is 40.5 Å². The first kappa shape index (κ1) is 11.7. The van der Waals surface area contributed by atoms with E-state index in [-0.39, 0.29) is 0 Å². The summed E-state index contributed by atoms with van der Waals surface area (Å²) in [6.07, 6.45) is 4.80. The molecule has 1 saturated heterocycles. The van der Waals surface area contributed by atoms with Gasteiger partial charge >= 0.3 is 5.97 Å². The van der Waals surface area contributed by atoms with Gasteiger partial charge in [-0.15, -0.1) is 0 Å². The second-order valence-electron chi connectivity index (χ2n) is 5.42. The van der Waals surface area contributed by atoms with Crippen LogP contribution in [0.1, 0.15) is 48.8 Å². The molecular weight excluding hydrogens is 226 g/mol. The van der Waals surface area contributed by atoms with Crippen molar-refractivity contribution >= 4 is 5.97 Å². The van der Waals surface area contributed by atoms with Crippen LogP contribution >= 0.6 is 0 Å². The SMILES string of the molecule is O=C(O)C(c1ccc(C2CC2)cc1)N1CCCC1. The van der Waals surface area contributed by atoms with Crippen molar-refractivity contribution in [3.63, 3.8) is 0 Å². The molecule has 1 aliphatic heterocycles. The van der Waals surface area contributed by atoms with Gasteiger partial charge in [-0.1, -0.05) is 24.3 Å². The van der Waals surface area contributed by atoms with Crippen molar-refractivity contribution in [2.45, 2.75) is 37.6 Å². The first-order valence-corrected chi connectivity index (χ1v) is 6.82. The predicted molar refractivity (Wildman–Crippen MR) is 69.6 cm³/mol. The molecule has 0 radical (unpaired) electrons. The van der Waals surface area contributed by atoms with Gasteiger partial charge in [0.15, 0.2) is 0 Å². The minimum Gasteiger partial charge on any atom is -0.480 e. The van der Waals surface area contributed by atoms with Crippen LogP contribution in [0.15, 0.2) is 24.3 Å². The van der Waals surface area contributed by atoms with Crippen LogP contribution in [0.5, 0.6) is 0 Å². The van der Waals surface area contributed by atoms with E-state index in [0.29, 0.717) is 0 Å². The average molecular weight is 245 g/mol. The number of likely N-dealkylation sites (tertiary alicyclic amines) is 1. The molecule has 1 heterocycles. The Labute approximate surface area is 107 Å². The van der Waals surface area contributed by atoms with E-state index in [4.69, 9.17) is 0 Å². The summed E-state index contributed by atoms with van der Waals surface area (Å²) in [6.45, 7) is 1.81. The lowest BCUT2D eigenvalue weighted by Crippen LogP contribution is -2.31. The third kappa shape index (κ3) is 2.27. The smallest absolute Gasteiger partial charge is 0.325 e. The molecule has 1 aliphatic carbocycles. The lowest BCUT2D eigenvalue weighted by Gasteiger charge is -2.24. The number of benzene rings is 1. The quantitative estimate of drug-likeness (QED) is 0.886. The van der Waals surface area contributed by atoms with Gasteiger partial charge in [-0.05, 0) is 55.8 Å². The maximum absolute atomic E-state index is 11.5. The maximum atomic E-state index is 11.5. The summed E-state index contributed by atoms with van der Waals surface area (Å²) in [5.41, 5.74) is 2.29. The van der Waals surface area contributed by atoms with Gasteiger partial charge in [0.05, 0.1) is 0 Å². The van der Waals surface area contributed by atoms with Gasteiger partial charge in [-0.3, -0.25) is 9.69 Å². The second kappa shape index (κ2) is 4.73. The third-order valence-corrected chi connectivity index (χ3v) is 4.04. The first-order chi connectivity index (χ1) is 8.75. The van der Waals surface area contributed by atoms with Gasteiger partial charge in [0.1, 0.15) is 6.04 Å². The Morgan fingerprint density at radius 1 is 1.17 bits per heavy atom. The summed E-state index contributed by atoms with van der Waals surface area (Å²) in [7, 11) is 0. The normalized spacial score (nSPS) is 22.0. The van der Waals surface area contributed by atoms with Crippen molar-refractivity contribution in [3.05, 3.63) is 35.4 Å². The van der Waals surface area contributed by atoms with Crippen LogP contribution in [-0.2, 0) is 4.79 Å². The molecule has 2 fully saturated rings. The molecule has 18 heavy (non-hydrogen) atoms. The fourth-order valence-corrected chi connectivity index (χ4v) is 2.88. The summed E-state index contributed by atoms with van der Waals surface area (Å²) in [4.78, 5) is 13.6. The van der Waals surface area contributed by atoms with Gasteiger partial charge in [-0.25, -0.2) is 0 Å². The molecule has 3 nitrogen and oxygen atoms in total. The molecule has 0 aromatic heterocycles. The van der Waals surface area contributed by atoms with Crippen molar-refractivity contribution in [2.24, 2.45) is 0 Å². The molecule has 0 amide bonds. The number of carbonyl (C=O) groups is 1. The summed E-state index contributed by atoms with van der Waals surface area (Å²) < 4.78 is 0. The van der Waals surface area contributed by atoms with Crippen LogP contribution in [-0.4, -0.2) is 29.1 Å². The average Bonchev–Trinajstić information content (AvgIpc) is 3.08. The molecule has 1 N–H and O–H groups in total. The summed E-state index contributed by atoms with van der Waals surface area (Å²) >= 11 is 0. The highest BCUT2D eigenvalue weighted by Crippen LogP contribution is 2.40. The molecule has 1 aromatic rings. The van der Waals surface area contributed by atoms with Crippen LogP contribution in [0, 0.1) is 0 Å². The highest BCUT2D eigenvalue weighted by atomic mass is 16.4. The maximum Gasteiger partial charge on any atom is 0.325 e. The van der Waals surface area contributed by atoms with Crippen molar-refractivity contribution in [3.8, 4) is 0 Å². The lowest BCUT2D eigenvalue weighted by atomic mass is 10.0. The molecule has 0 bridgehead atoms. The Kier molecular flexibility index (Phi) is 3.08. The molecule has 1 unspecified atom stereocenters. The van der Waals surface area contributed by atoms with E-state index in [0.717, 1.165) is 37.4 Å². The number of hydrogen-bond acceptors (Lipinski definition) is 2. The monoisotopic (exact) mass is 245 g/mol. The number of carboxylic acid groups (broad SMARTS) is 1. The largest absolute Gasteiger partial charge is 0.480 e. The zero-order valence-corrected chi connectivity index (χ0v) is 10.5. The number of carboxylic acids is 1. The van der Waals surface area contributed by atoms with Gasteiger partial charge < -0.3 is 5.11 Å². The number of aliphatic carboxylic acids is 1. The van der Waals surface area contributed by atoms with Crippen LogP contribution < -0.4 is 0 Å². The minimum absolute atomic E-state index is 0.458. The predicted octanol–water partition coefficient (Wildman–Crippen LogP) is 2.79. The Balaban J connectivity index is 1.82. The fourth-order valence-electron chi connectivity index (χ4n) is 2.88. The minimum atomic E-state index is -0.726. The Morgan fingerprint density at radius 3 is 2.28 bits per heavy atom. The summed E-state index contributed by atoms with van der Waals surface area (Å²) in [5.74, 6) is 0.00480. The van der Waals surface area contributed by atoms with E-state index in [2.05, 4.69) is 17.0 Å². The van der Waals surface area contributed by atoms with E-state index in [1.165, 1.54) is 18.4 Å². The molecule has 1 saturated carbocycles. The Bertz CT molecular complexity index is 430. The molecule has 96 valence electrons. The summed E-state index contributed by atoms with van der Waals surface area (Å²) in [6, 6.07) is 7.77. The lowest BCUT2D eigenvalue weighted by molar-refractivity contribution is -0.143. The fraction of sp³-hybridized carbons (Fsp3) is 0.533. The van der Waals surface area contributed by atoms with Crippen LogP contribution in [0.3, 0.4) is 0 Å². The van der Waals surface area contributed by atoms with Gasteiger partial charge in [-0.2, -0.15) is 0 Å². The number of nitrogens with zero attached hydrogens (tertiary/aromatic N) is 1. The third-order valence-electron chi connectivity index (χ3n) is 4.04. The first-order valence-electron chi connectivity index (χ1n) is 6.82. The standard InChI is InChI=1S/C15H19NO2/c17-15(18)14(16-9-1-2-10-16)13-7-5-12(6-8-13)11-3-4-11/h5-8,11,14H,1-4,9-10H2,(H,17,18). The van der Waals surface area contributed by atoms with Gasteiger partial charge in [0.25, 0.3) is 0 Å². The van der Waals surface area contributed by atoms with E-state index < -0.39 is 12.0 Å². The Hall–Kier alpha value is -1.35. The molecule has 2 aliphatic rings. The molecule has 1 atom stereocenters. The van der Waals surface area contributed by atoms with Gasteiger partial charge in [0.2, 0.25) is 0 Å².